The van der Waals surface area contributed by atoms with Gasteiger partial charge in [0.15, 0.2) is 10.9 Å². The van der Waals surface area contributed by atoms with Gasteiger partial charge in [-0.05, 0) is 49.5 Å². The van der Waals surface area contributed by atoms with Crippen LogP contribution in [0.1, 0.15) is 17.3 Å². The predicted octanol–water partition coefficient (Wildman–Crippen LogP) is 4.26. The van der Waals surface area contributed by atoms with E-state index in [0.717, 1.165) is 0 Å². The molecule has 0 bridgehead atoms. The van der Waals surface area contributed by atoms with Crippen LogP contribution < -0.4 is 10.6 Å². The summed E-state index contributed by atoms with van der Waals surface area (Å²) in [5, 5.41) is 16.9. The number of ketones is 1. The van der Waals surface area contributed by atoms with Crippen molar-refractivity contribution in [3.8, 4) is 0 Å². The fourth-order valence-corrected chi connectivity index (χ4v) is 2.24. The summed E-state index contributed by atoms with van der Waals surface area (Å²) >= 11 is 11.1. The number of Topliss-reactive ketones (excluding diaryl/α,β-unsaturated/α-hetero) is 1. The van der Waals surface area contributed by atoms with E-state index < -0.39 is 4.92 Å². The third-order valence-corrected chi connectivity index (χ3v) is 3.48. The molecule has 0 aromatic heterocycles. The molecule has 2 aromatic carbocycles. The van der Waals surface area contributed by atoms with E-state index in [1.807, 2.05) is 0 Å². The number of nitro benzene ring substituents is 1. The van der Waals surface area contributed by atoms with Gasteiger partial charge in [-0.15, -0.1) is 0 Å². The van der Waals surface area contributed by atoms with Gasteiger partial charge in [-0.25, -0.2) is 0 Å². The highest BCUT2D eigenvalue weighted by Crippen LogP contribution is 2.26. The molecule has 2 rings (SSSR count). The first-order chi connectivity index (χ1) is 10.9. The molecule has 0 fully saturated rings. The van der Waals surface area contributed by atoms with Gasteiger partial charge in [-0.2, -0.15) is 0 Å². The van der Waals surface area contributed by atoms with Gasteiger partial charge in [-0.1, -0.05) is 11.6 Å². The smallest absolute Gasteiger partial charge is 0.271 e. The van der Waals surface area contributed by atoms with Gasteiger partial charge in [0.1, 0.15) is 0 Å². The van der Waals surface area contributed by atoms with Gasteiger partial charge in [0, 0.05) is 23.4 Å². The Bertz CT molecular complexity index is 778. The Hall–Kier alpha value is -2.51. The minimum absolute atomic E-state index is 0.0186. The van der Waals surface area contributed by atoms with E-state index in [2.05, 4.69) is 10.6 Å². The Morgan fingerprint density at radius 3 is 2.35 bits per heavy atom. The number of hydrogen-bond donors (Lipinski definition) is 2. The molecule has 0 spiro atoms. The number of carbonyl (C=O) groups is 1. The molecule has 8 heteroatoms. The maximum atomic E-state index is 11.2. The second kappa shape index (κ2) is 7.17. The van der Waals surface area contributed by atoms with E-state index in [9.17, 15) is 14.9 Å². The highest BCUT2D eigenvalue weighted by Gasteiger charge is 2.10. The van der Waals surface area contributed by atoms with Crippen LogP contribution in [-0.2, 0) is 0 Å². The van der Waals surface area contributed by atoms with E-state index in [4.69, 9.17) is 23.8 Å². The highest BCUT2D eigenvalue weighted by atomic mass is 35.5. The largest absolute Gasteiger partial charge is 0.332 e. The van der Waals surface area contributed by atoms with E-state index in [1.54, 1.807) is 24.3 Å². The number of anilines is 2. The lowest BCUT2D eigenvalue weighted by Gasteiger charge is -2.12. The Balaban J connectivity index is 2.04. The van der Waals surface area contributed by atoms with Crippen LogP contribution in [0.2, 0.25) is 5.02 Å². The van der Waals surface area contributed by atoms with Gasteiger partial charge in [0.05, 0.1) is 15.6 Å². The summed E-state index contributed by atoms with van der Waals surface area (Å²) in [4.78, 5) is 21.4. The number of nitrogens with zero attached hydrogens (tertiary/aromatic N) is 1. The predicted molar refractivity (Wildman–Crippen MR) is 94.4 cm³/mol. The van der Waals surface area contributed by atoms with Gasteiger partial charge in [-0.3, -0.25) is 14.9 Å². The summed E-state index contributed by atoms with van der Waals surface area (Å²) in [6.07, 6.45) is 0. The number of non-ortho nitro benzene ring substituents is 1. The molecule has 0 saturated heterocycles. The van der Waals surface area contributed by atoms with E-state index in [-0.39, 0.29) is 21.6 Å². The van der Waals surface area contributed by atoms with E-state index >= 15 is 0 Å². The van der Waals surface area contributed by atoms with Crippen molar-refractivity contribution in [1.82, 2.24) is 0 Å². The average Bonchev–Trinajstić information content (AvgIpc) is 2.49. The normalized spacial score (nSPS) is 10.0. The molecule has 2 N–H and O–H groups in total. The van der Waals surface area contributed by atoms with Crippen molar-refractivity contribution in [2.24, 2.45) is 0 Å². The number of benzene rings is 2. The standard InChI is InChI=1S/C15H12ClN3O3S/c1-9(20)10-2-4-11(5-3-10)17-15(23)18-14-7-6-12(19(21)22)8-13(14)16/h2-8H,1H3,(H2,17,18,23). The third-order valence-electron chi connectivity index (χ3n) is 2.96. The van der Waals surface area contributed by atoms with Crippen molar-refractivity contribution in [3.63, 3.8) is 0 Å². The van der Waals surface area contributed by atoms with Crippen LogP contribution in [0.25, 0.3) is 0 Å². The second-order valence-corrected chi connectivity index (χ2v) is 5.45. The Morgan fingerprint density at radius 1 is 1.17 bits per heavy atom. The lowest BCUT2D eigenvalue weighted by Crippen LogP contribution is -2.19. The number of hydrogen-bond acceptors (Lipinski definition) is 4. The minimum Gasteiger partial charge on any atom is -0.332 e. The van der Waals surface area contributed by atoms with Crippen molar-refractivity contribution in [3.05, 3.63) is 63.2 Å². The summed E-state index contributed by atoms with van der Waals surface area (Å²) in [6, 6.07) is 10.9. The third kappa shape index (κ3) is 4.48. The molecule has 0 radical (unpaired) electrons. The Labute approximate surface area is 142 Å². The number of nitrogens with one attached hydrogen (secondary N) is 2. The van der Waals surface area contributed by atoms with Crippen molar-refractivity contribution >= 4 is 51.8 Å². The van der Waals surface area contributed by atoms with Gasteiger partial charge in [0.2, 0.25) is 0 Å². The van der Waals surface area contributed by atoms with Gasteiger partial charge >= 0.3 is 0 Å². The fraction of sp³-hybridized carbons (Fsp3) is 0.0667. The second-order valence-electron chi connectivity index (χ2n) is 4.63. The Kier molecular flexibility index (Phi) is 5.25. The summed E-state index contributed by atoms with van der Waals surface area (Å²) in [5.41, 5.74) is 1.66. The number of halogens is 1. The zero-order chi connectivity index (χ0) is 17.0. The van der Waals surface area contributed by atoms with Crippen LogP contribution in [0.15, 0.2) is 42.5 Å². The van der Waals surface area contributed by atoms with Crippen molar-refractivity contribution < 1.29 is 9.72 Å². The first kappa shape index (κ1) is 16.9. The molecule has 118 valence electrons. The Morgan fingerprint density at radius 2 is 1.83 bits per heavy atom. The molecule has 0 aliphatic carbocycles. The van der Waals surface area contributed by atoms with E-state index in [0.29, 0.717) is 16.9 Å². The maximum Gasteiger partial charge on any atom is 0.271 e. The topological polar surface area (TPSA) is 84.3 Å². The monoisotopic (exact) mass is 349 g/mol. The lowest BCUT2D eigenvalue weighted by molar-refractivity contribution is -0.384. The summed E-state index contributed by atoms with van der Waals surface area (Å²) in [6.45, 7) is 1.49. The molecular formula is C15H12ClN3O3S. The molecule has 0 amide bonds. The first-order valence-corrected chi connectivity index (χ1v) is 7.28. The zero-order valence-corrected chi connectivity index (χ0v) is 13.6. The average molecular weight is 350 g/mol. The van der Waals surface area contributed by atoms with Crippen LogP contribution >= 0.6 is 23.8 Å². The lowest BCUT2D eigenvalue weighted by atomic mass is 10.1. The summed E-state index contributed by atoms with van der Waals surface area (Å²) in [5.74, 6) is -0.0186. The zero-order valence-electron chi connectivity index (χ0n) is 12.0. The molecule has 0 unspecified atom stereocenters. The molecule has 0 aliphatic heterocycles. The van der Waals surface area contributed by atoms with Crippen LogP contribution in [0.5, 0.6) is 0 Å². The SMILES string of the molecule is CC(=O)c1ccc(NC(=S)Nc2ccc([N+](=O)[O-])cc2Cl)cc1. The summed E-state index contributed by atoms with van der Waals surface area (Å²) in [7, 11) is 0. The minimum atomic E-state index is -0.525. The molecule has 23 heavy (non-hydrogen) atoms. The molecule has 0 aliphatic rings. The van der Waals surface area contributed by atoms with Gasteiger partial charge < -0.3 is 10.6 Å². The van der Waals surface area contributed by atoms with Crippen LogP contribution in [0.3, 0.4) is 0 Å². The quantitative estimate of drug-likeness (QED) is 0.371. The molecule has 0 atom stereocenters. The molecule has 0 heterocycles. The number of nitro groups is 1. The molecular weight excluding hydrogens is 338 g/mol. The number of carbonyl (C=O) groups excluding carboxylic acids is 1. The van der Waals surface area contributed by atoms with Crippen LogP contribution in [0, 0.1) is 10.1 Å². The van der Waals surface area contributed by atoms with E-state index in [1.165, 1.54) is 25.1 Å². The highest BCUT2D eigenvalue weighted by molar-refractivity contribution is 7.80. The number of rotatable bonds is 4. The number of thiocarbonyl (C=S) groups is 1. The van der Waals surface area contributed by atoms with Crippen LogP contribution in [0.4, 0.5) is 17.1 Å². The first-order valence-electron chi connectivity index (χ1n) is 6.50. The molecule has 2 aromatic rings. The summed E-state index contributed by atoms with van der Waals surface area (Å²) < 4.78 is 0. The van der Waals surface area contributed by atoms with Crippen molar-refractivity contribution in [2.45, 2.75) is 6.92 Å². The van der Waals surface area contributed by atoms with Crippen molar-refractivity contribution in [2.75, 3.05) is 10.6 Å². The molecule has 0 saturated carbocycles. The molecule has 6 nitrogen and oxygen atoms in total. The van der Waals surface area contributed by atoms with Crippen molar-refractivity contribution in [1.29, 1.82) is 0 Å². The van der Waals surface area contributed by atoms with Gasteiger partial charge in [0.25, 0.3) is 5.69 Å². The fourth-order valence-electron chi connectivity index (χ4n) is 1.79. The maximum absolute atomic E-state index is 11.2. The van der Waals surface area contributed by atoms with Crippen LogP contribution in [-0.4, -0.2) is 15.8 Å².